The van der Waals surface area contributed by atoms with Crippen LogP contribution in [0.4, 0.5) is 0 Å². The maximum absolute atomic E-state index is 11.8. The van der Waals surface area contributed by atoms with E-state index in [2.05, 4.69) is 17.0 Å². The van der Waals surface area contributed by atoms with Gasteiger partial charge in [0.25, 0.3) is 0 Å². The number of rotatable bonds is 3. The maximum atomic E-state index is 11.8. The van der Waals surface area contributed by atoms with Crippen LogP contribution in [0.15, 0.2) is 5.16 Å². The molecule has 0 spiro atoms. The summed E-state index contributed by atoms with van der Waals surface area (Å²) in [7, 11) is 4.03. The van der Waals surface area contributed by atoms with Crippen molar-refractivity contribution in [3.63, 3.8) is 0 Å². The van der Waals surface area contributed by atoms with Gasteiger partial charge in [0.1, 0.15) is 5.84 Å². The Morgan fingerprint density at radius 1 is 1.56 bits per heavy atom. The predicted molar refractivity (Wildman–Crippen MR) is 61.2 cm³/mol. The van der Waals surface area contributed by atoms with E-state index in [1.54, 1.807) is 4.90 Å². The van der Waals surface area contributed by atoms with Crippen molar-refractivity contribution in [3.05, 3.63) is 0 Å². The van der Waals surface area contributed by atoms with Crippen molar-refractivity contribution < 1.29 is 10.0 Å². The predicted octanol–water partition coefficient (Wildman–Crippen LogP) is -0.469. The second-order valence-corrected chi connectivity index (χ2v) is 4.58. The highest BCUT2D eigenvalue weighted by atomic mass is 16.4. The molecule has 2 unspecified atom stereocenters. The molecule has 0 aliphatic carbocycles. The fourth-order valence-electron chi connectivity index (χ4n) is 2.13. The summed E-state index contributed by atoms with van der Waals surface area (Å²) in [5.74, 6) is 0.337. The number of carbonyl (C=O) groups excluding carboxylic acids is 1. The first kappa shape index (κ1) is 12.8. The average Bonchev–Trinajstić information content (AvgIpc) is 2.60. The first-order chi connectivity index (χ1) is 7.45. The van der Waals surface area contributed by atoms with E-state index in [0.717, 1.165) is 6.54 Å². The third-order valence-corrected chi connectivity index (χ3v) is 3.05. The molecule has 1 heterocycles. The molecule has 1 aliphatic rings. The minimum atomic E-state index is -0.0773. The molecule has 1 fully saturated rings. The van der Waals surface area contributed by atoms with Gasteiger partial charge in [0.2, 0.25) is 5.91 Å². The van der Waals surface area contributed by atoms with Gasteiger partial charge in [0.05, 0.1) is 6.42 Å². The Bertz CT molecular complexity index is 291. The summed E-state index contributed by atoms with van der Waals surface area (Å²) >= 11 is 0. The zero-order chi connectivity index (χ0) is 12.3. The van der Waals surface area contributed by atoms with Gasteiger partial charge in [-0.15, -0.1) is 0 Å². The van der Waals surface area contributed by atoms with Crippen LogP contribution in [0.3, 0.4) is 0 Å². The second kappa shape index (κ2) is 5.16. The third kappa shape index (κ3) is 2.85. The zero-order valence-electron chi connectivity index (χ0n) is 10.1. The first-order valence-corrected chi connectivity index (χ1v) is 5.36. The van der Waals surface area contributed by atoms with Gasteiger partial charge >= 0.3 is 0 Å². The molecule has 0 saturated carbocycles. The van der Waals surface area contributed by atoms with E-state index in [1.165, 1.54) is 0 Å². The van der Waals surface area contributed by atoms with Crippen LogP contribution in [0.2, 0.25) is 0 Å². The fourth-order valence-corrected chi connectivity index (χ4v) is 2.13. The van der Waals surface area contributed by atoms with E-state index < -0.39 is 0 Å². The molecule has 1 aliphatic heterocycles. The summed E-state index contributed by atoms with van der Waals surface area (Å²) in [5.41, 5.74) is 5.31. The van der Waals surface area contributed by atoms with Crippen LogP contribution in [0.1, 0.15) is 13.3 Å². The highest BCUT2D eigenvalue weighted by Crippen LogP contribution is 2.20. The Morgan fingerprint density at radius 2 is 2.19 bits per heavy atom. The lowest BCUT2D eigenvalue weighted by Gasteiger charge is -2.22. The van der Waals surface area contributed by atoms with Gasteiger partial charge in [0, 0.05) is 19.1 Å². The number of oxime groups is 1. The van der Waals surface area contributed by atoms with Crippen LogP contribution in [0.5, 0.6) is 0 Å². The lowest BCUT2D eigenvalue weighted by Crippen LogP contribution is -2.36. The van der Waals surface area contributed by atoms with E-state index in [9.17, 15) is 4.79 Å². The lowest BCUT2D eigenvalue weighted by atomic mass is 10.1. The Labute approximate surface area is 95.7 Å². The normalized spacial score (nSPS) is 26.5. The SMILES string of the molecule is CC1CN(C(=O)CC(N)=NO)CC1N(C)C. The van der Waals surface area contributed by atoms with Crippen LogP contribution in [0, 0.1) is 5.92 Å². The molecular formula is C10H20N4O2. The van der Waals surface area contributed by atoms with Crippen LogP contribution >= 0.6 is 0 Å². The van der Waals surface area contributed by atoms with Crippen molar-refractivity contribution in [2.45, 2.75) is 19.4 Å². The van der Waals surface area contributed by atoms with Crippen molar-refractivity contribution in [3.8, 4) is 0 Å². The molecule has 0 bridgehead atoms. The van der Waals surface area contributed by atoms with E-state index in [0.29, 0.717) is 18.5 Å². The van der Waals surface area contributed by atoms with Gasteiger partial charge in [-0.05, 0) is 20.0 Å². The molecule has 6 nitrogen and oxygen atoms in total. The number of nitrogens with two attached hydrogens (primary N) is 1. The molecule has 1 rings (SSSR count). The van der Waals surface area contributed by atoms with Gasteiger partial charge in [-0.25, -0.2) is 0 Å². The average molecular weight is 228 g/mol. The van der Waals surface area contributed by atoms with Crippen molar-refractivity contribution in [2.24, 2.45) is 16.8 Å². The number of amides is 1. The summed E-state index contributed by atoms with van der Waals surface area (Å²) in [6.07, 6.45) is -0.0105. The maximum Gasteiger partial charge on any atom is 0.230 e. The molecule has 0 radical (unpaired) electrons. The van der Waals surface area contributed by atoms with Crippen LogP contribution < -0.4 is 5.73 Å². The number of likely N-dealkylation sites (tertiary alicyclic amines) is 1. The molecule has 0 aromatic carbocycles. The molecular weight excluding hydrogens is 208 g/mol. The molecule has 0 aromatic rings. The molecule has 0 aromatic heterocycles. The molecule has 6 heteroatoms. The molecule has 3 N–H and O–H groups in total. The van der Waals surface area contributed by atoms with Crippen molar-refractivity contribution >= 4 is 11.7 Å². The van der Waals surface area contributed by atoms with E-state index >= 15 is 0 Å². The Balaban J connectivity index is 2.55. The number of hydrogen-bond donors (Lipinski definition) is 2. The summed E-state index contributed by atoms with van der Waals surface area (Å²) in [6.45, 7) is 3.58. The van der Waals surface area contributed by atoms with Gasteiger partial charge in [-0.3, -0.25) is 4.79 Å². The number of hydrogen-bond acceptors (Lipinski definition) is 4. The van der Waals surface area contributed by atoms with Gasteiger partial charge < -0.3 is 20.7 Å². The quantitative estimate of drug-likeness (QED) is 0.296. The van der Waals surface area contributed by atoms with Crippen molar-refractivity contribution in [1.82, 2.24) is 9.80 Å². The molecule has 16 heavy (non-hydrogen) atoms. The van der Waals surface area contributed by atoms with E-state index in [-0.39, 0.29) is 18.2 Å². The third-order valence-electron chi connectivity index (χ3n) is 3.05. The summed E-state index contributed by atoms with van der Waals surface area (Å²) in [4.78, 5) is 15.7. The second-order valence-electron chi connectivity index (χ2n) is 4.58. The van der Waals surface area contributed by atoms with E-state index in [4.69, 9.17) is 10.9 Å². The molecule has 2 atom stereocenters. The standard InChI is InChI=1S/C10H20N4O2/c1-7-5-14(6-8(7)13(2)3)10(15)4-9(11)12-16/h7-8,16H,4-6H2,1-3H3,(H2,11,12). The van der Waals surface area contributed by atoms with Crippen LogP contribution in [0.25, 0.3) is 0 Å². The Kier molecular flexibility index (Phi) is 4.12. The van der Waals surface area contributed by atoms with Crippen LogP contribution in [-0.4, -0.2) is 60.0 Å². The zero-order valence-corrected chi connectivity index (χ0v) is 10.1. The number of amidine groups is 1. The Hall–Kier alpha value is -1.30. The minimum absolute atomic E-state index is 0.0105. The molecule has 1 saturated heterocycles. The van der Waals surface area contributed by atoms with Crippen molar-refractivity contribution in [2.75, 3.05) is 27.2 Å². The van der Waals surface area contributed by atoms with Gasteiger partial charge in [-0.2, -0.15) is 0 Å². The summed E-state index contributed by atoms with van der Waals surface area (Å²) in [5, 5.41) is 11.2. The van der Waals surface area contributed by atoms with Crippen LogP contribution in [-0.2, 0) is 4.79 Å². The fraction of sp³-hybridized carbons (Fsp3) is 0.800. The van der Waals surface area contributed by atoms with Gasteiger partial charge in [-0.1, -0.05) is 12.1 Å². The highest BCUT2D eigenvalue weighted by Gasteiger charge is 2.33. The van der Waals surface area contributed by atoms with Gasteiger partial charge in [0.15, 0.2) is 0 Å². The number of carbonyl (C=O) groups is 1. The summed E-state index contributed by atoms with van der Waals surface area (Å²) < 4.78 is 0. The van der Waals surface area contributed by atoms with E-state index in [1.807, 2.05) is 14.1 Å². The highest BCUT2D eigenvalue weighted by molar-refractivity contribution is 5.98. The first-order valence-electron chi connectivity index (χ1n) is 5.36. The molecule has 1 amide bonds. The Morgan fingerprint density at radius 3 is 2.62 bits per heavy atom. The topological polar surface area (TPSA) is 82.2 Å². The molecule has 92 valence electrons. The summed E-state index contributed by atoms with van der Waals surface area (Å²) in [6, 6.07) is 0.385. The largest absolute Gasteiger partial charge is 0.409 e. The smallest absolute Gasteiger partial charge is 0.230 e. The lowest BCUT2D eigenvalue weighted by molar-refractivity contribution is -0.129. The monoisotopic (exact) mass is 228 g/mol. The van der Waals surface area contributed by atoms with Crippen molar-refractivity contribution in [1.29, 1.82) is 0 Å². The number of nitrogens with zero attached hydrogens (tertiary/aromatic N) is 3. The minimum Gasteiger partial charge on any atom is -0.409 e. The number of likely N-dealkylation sites (N-methyl/N-ethyl adjacent to an activating group) is 1.